The number of hydrogen-bond acceptors (Lipinski definition) is 4. The molecule has 1 aliphatic rings. The summed E-state index contributed by atoms with van der Waals surface area (Å²) in [6, 6.07) is 9.00. The van der Waals surface area contributed by atoms with Gasteiger partial charge in [-0.25, -0.2) is 4.98 Å². The molecule has 0 aliphatic heterocycles. The van der Waals surface area contributed by atoms with Crippen molar-refractivity contribution in [1.29, 1.82) is 0 Å². The SMILES string of the molecule is COC1CCCCC1Nc1ccc(-c2csc(C)n2)cc1. The number of anilines is 1. The number of thiazole rings is 1. The van der Waals surface area contributed by atoms with Crippen molar-refractivity contribution in [3.63, 3.8) is 0 Å². The molecule has 0 amide bonds. The molecule has 112 valence electrons. The predicted octanol–water partition coefficient (Wildman–Crippen LogP) is 4.49. The molecule has 1 heterocycles. The maximum atomic E-state index is 5.60. The number of rotatable bonds is 4. The van der Waals surface area contributed by atoms with Gasteiger partial charge in [-0.15, -0.1) is 11.3 Å². The number of methoxy groups -OCH3 is 1. The lowest BCUT2D eigenvalue weighted by Crippen LogP contribution is -2.37. The van der Waals surface area contributed by atoms with E-state index in [1.165, 1.54) is 30.5 Å². The first-order valence-electron chi connectivity index (χ1n) is 7.58. The van der Waals surface area contributed by atoms with Gasteiger partial charge in [0, 0.05) is 23.7 Å². The van der Waals surface area contributed by atoms with Gasteiger partial charge in [-0.05, 0) is 31.9 Å². The van der Waals surface area contributed by atoms with Gasteiger partial charge in [0.05, 0.1) is 22.8 Å². The lowest BCUT2D eigenvalue weighted by Gasteiger charge is -2.31. The average Bonchev–Trinajstić information content (AvgIpc) is 2.95. The summed E-state index contributed by atoms with van der Waals surface area (Å²) < 4.78 is 5.60. The summed E-state index contributed by atoms with van der Waals surface area (Å²) in [5, 5.41) is 6.84. The molecule has 1 saturated carbocycles. The average molecular weight is 302 g/mol. The van der Waals surface area contributed by atoms with Crippen LogP contribution < -0.4 is 5.32 Å². The molecule has 0 spiro atoms. The minimum atomic E-state index is 0.333. The highest BCUT2D eigenvalue weighted by Gasteiger charge is 2.24. The van der Waals surface area contributed by atoms with Crippen molar-refractivity contribution in [3.8, 4) is 11.3 Å². The monoisotopic (exact) mass is 302 g/mol. The minimum Gasteiger partial charge on any atom is -0.380 e. The number of nitrogens with one attached hydrogen (secondary N) is 1. The molecule has 1 aliphatic carbocycles. The fourth-order valence-corrected chi connectivity index (χ4v) is 3.61. The maximum Gasteiger partial charge on any atom is 0.0901 e. The molecule has 1 N–H and O–H groups in total. The number of aryl methyl sites for hydroxylation is 1. The van der Waals surface area contributed by atoms with Crippen molar-refractivity contribution in [1.82, 2.24) is 4.98 Å². The predicted molar refractivity (Wildman–Crippen MR) is 89.0 cm³/mol. The van der Waals surface area contributed by atoms with E-state index in [2.05, 4.69) is 39.9 Å². The van der Waals surface area contributed by atoms with Gasteiger partial charge in [0.25, 0.3) is 0 Å². The van der Waals surface area contributed by atoms with Crippen LogP contribution in [0.3, 0.4) is 0 Å². The van der Waals surface area contributed by atoms with Crippen LogP contribution in [0.4, 0.5) is 5.69 Å². The molecule has 2 unspecified atom stereocenters. The summed E-state index contributed by atoms with van der Waals surface area (Å²) in [4.78, 5) is 4.53. The van der Waals surface area contributed by atoms with E-state index in [-0.39, 0.29) is 0 Å². The minimum absolute atomic E-state index is 0.333. The molecule has 0 radical (unpaired) electrons. The molecule has 21 heavy (non-hydrogen) atoms. The molecule has 1 aromatic heterocycles. The van der Waals surface area contributed by atoms with Gasteiger partial charge in [-0.2, -0.15) is 0 Å². The van der Waals surface area contributed by atoms with Gasteiger partial charge in [0.1, 0.15) is 0 Å². The van der Waals surface area contributed by atoms with E-state index < -0.39 is 0 Å². The Bertz CT molecular complexity index is 579. The highest BCUT2D eigenvalue weighted by molar-refractivity contribution is 7.09. The number of ether oxygens (including phenoxy) is 1. The smallest absolute Gasteiger partial charge is 0.0901 e. The van der Waals surface area contributed by atoms with E-state index in [0.29, 0.717) is 12.1 Å². The zero-order valence-corrected chi connectivity index (χ0v) is 13.5. The highest BCUT2D eigenvalue weighted by atomic mass is 32.1. The van der Waals surface area contributed by atoms with Crippen LogP contribution >= 0.6 is 11.3 Å². The van der Waals surface area contributed by atoms with Crippen LogP contribution in [0.5, 0.6) is 0 Å². The van der Waals surface area contributed by atoms with Crippen molar-refractivity contribution in [3.05, 3.63) is 34.7 Å². The zero-order valence-electron chi connectivity index (χ0n) is 12.6. The molecule has 2 atom stereocenters. The molecule has 4 heteroatoms. The number of benzene rings is 1. The molecule has 1 aromatic carbocycles. The van der Waals surface area contributed by atoms with E-state index in [4.69, 9.17) is 4.74 Å². The first-order valence-corrected chi connectivity index (χ1v) is 8.46. The van der Waals surface area contributed by atoms with Crippen LogP contribution in [-0.4, -0.2) is 24.2 Å². The fourth-order valence-electron chi connectivity index (χ4n) is 2.99. The standard InChI is InChI=1S/C17H22N2OS/c1-12-18-16(11-21-12)13-7-9-14(10-8-13)19-15-5-3-4-6-17(15)20-2/h7-11,15,17,19H,3-6H2,1-2H3. The molecule has 1 fully saturated rings. The Hall–Kier alpha value is -1.39. The Morgan fingerprint density at radius 2 is 1.95 bits per heavy atom. The Kier molecular flexibility index (Phi) is 4.56. The van der Waals surface area contributed by atoms with E-state index in [1.54, 1.807) is 11.3 Å². The summed E-state index contributed by atoms with van der Waals surface area (Å²) in [6.07, 6.45) is 5.24. The van der Waals surface area contributed by atoms with Crippen molar-refractivity contribution < 1.29 is 4.74 Å². The third-order valence-corrected chi connectivity index (χ3v) is 4.93. The first kappa shape index (κ1) is 14.5. The highest BCUT2D eigenvalue weighted by Crippen LogP contribution is 2.26. The number of hydrogen-bond donors (Lipinski definition) is 1. The lowest BCUT2D eigenvalue weighted by molar-refractivity contribution is 0.0606. The topological polar surface area (TPSA) is 34.1 Å². The van der Waals surface area contributed by atoms with Gasteiger partial charge in [0.2, 0.25) is 0 Å². The molecule has 0 saturated heterocycles. The van der Waals surface area contributed by atoms with Crippen LogP contribution in [0.15, 0.2) is 29.6 Å². The second kappa shape index (κ2) is 6.58. The van der Waals surface area contributed by atoms with Crippen molar-refractivity contribution >= 4 is 17.0 Å². The van der Waals surface area contributed by atoms with Crippen molar-refractivity contribution in [2.24, 2.45) is 0 Å². The van der Waals surface area contributed by atoms with E-state index in [1.807, 2.05) is 14.0 Å². The molecule has 2 aromatic rings. The Morgan fingerprint density at radius 3 is 2.62 bits per heavy atom. The van der Waals surface area contributed by atoms with Crippen LogP contribution in [-0.2, 0) is 4.74 Å². The number of aromatic nitrogens is 1. The quantitative estimate of drug-likeness (QED) is 0.903. The maximum absolute atomic E-state index is 5.60. The Balaban J connectivity index is 1.69. The van der Waals surface area contributed by atoms with Gasteiger partial charge < -0.3 is 10.1 Å². The molecule has 3 rings (SSSR count). The van der Waals surface area contributed by atoms with Crippen LogP contribution in [0.25, 0.3) is 11.3 Å². The molecule has 3 nitrogen and oxygen atoms in total. The van der Waals surface area contributed by atoms with Crippen molar-refractivity contribution in [2.75, 3.05) is 12.4 Å². The second-order valence-electron chi connectivity index (χ2n) is 5.64. The van der Waals surface area contributed by atoms with E-state index in [0.717, 1.165) is 17.1 Å². The van der Waals surface area contributed by atoms with Gasteiger partial charge in [0.15, 0.2) is 0 Å². The third-order valence-electron chi connectivity index (χ3n) is 4.16. The Labute approximate surface area is 130 Å². The molecular weight excluding hydrogens is 280 g/mol. The van der Waals surface area contributed by atoms with Crippen LogP contribution in [0.2, 0.25) is 0 Å². The van der Waals surface area contributed by atoms with Crippen molar-refractivity contribution in [2.45, 2.75) is 44.8 Å². The number of nitrogens with zero attached hydrogens (tertiary/aromatic N) is 1. The summed E-state index contributed by atoms with van der Waals surface area (Å²) in [5.41, 5.74) is 3.41. The molecule has 0 bridgehead atoms. The van der Waals surface area contributed by atoms with Gasteiger partial charge in [-0.1, -0.05) is 25.0 Å². The van der Waals surface area contributed by atoms with Gasteiger partial charge >= 0.3 is 0 Å². The van der Waals surface area contributed by atoms with Gasteiger partial charge in [-0.3, -0.25) is 0 Å². The summed E-state index contributed by atoms with van der Waals surface area (Å²) in [7, 11) is 1.82. The largest absolute Gasteiger partial charge is 0.380 e. The normalized spacial score (nSPS) is 22.2. The van der Waals surface area contributed by atoms with E-state index >= 15 is 0 Å². The van der Waals surface area contributed by atoms with Crippen LogP contribution in [0, 0.1) is 6.92 Å². The zero-order chi connectivity index (χ0) is 14.7. The molecular formula is C17H22N2OS. The lowest BCUT2D eigenvalue weighted by atomic mass is 9.92. The summed E-state index contributed by atoms with van der Waals surface area (Å²) in [5.74, 6) is 0. The third kappa shape index (κ3) is 3.44. The van der Waals surface area contributed by atoms with E-state index in [9.17, 15) is 0 Å². The summed E-state index contributed by atoms with van der Waals surface area (Å²) in [6.45, 7) is 2.04. The fraction of sp³-hybridized carbons (Fsp3) is 0.471. The summed E-state index contributed by atoms with van der Waals surface area (Å²) >= 11 is 1.69. The first-order chi connectivity index (χ1) is 10.3. The Morgan fingerprint density at radius 1 is 1.19 bits per heavy atom. The van der Waals surface area contributed by atoms with Crippen LogP contribution in [0.1, 0.15) is 30.7 Å². The second-order valence-corrected chi connectivity index (χ2v) is 6.70.